The SMILES string of the molecule is Cn1c(Cl)cnc1CN1CCC(C2CCCN2)CC1. The molecule has 3 heterocycles. The lowest BCUT2D eigenvalue weighted by Crippen LogP contribution is -2.40. The highest BCUT2D eigenvalue weighted by atomic mass is 35.5. The summed E-state index contributed by atoms with van der Waals surface area (Å²) in [5.74, 6) is 1.95. The van der Waals surface area contributed by atoms with E-state index in [1.54, 1.807) is 6.20 Å². The highest BCUT2D eigenvalue weighted by molar-refractivity contribution is 6.29. The number of rotatable bonds is 3. The summed E-state index contributed by atoms with van der Waals surface area (Å²) in [4.78, 5) is 6.89. The number of hydrogen-bond donors (Lipinski definition) is 1. The van der Waals surface area contributed by atoms with Gasteiger partial charge in [-0.25, -0.2) is 4.98 Å². The van der Waals surface area contributed by atoms with Gasteiger partial charge in [-0.2, -0.15) is 0 Å². The molecule has 2 aliphatic heterocycles. The molecule has 0 bridgehead atoms. The molecule has 4 nitrogen and oxygen atoms in total. The topological polar surface area (TPSA) is 33.1 Å². The van der Waals surface area contributed by atoms with Crippen molar-refractivity contribution in [1.29, 1.82) is 0 Å². The van der Waals surface area contributed by atoms with E-state index in [0.29, 0.717) is 0 Å². The Morgan fingerprint density at radius 2 is 2.16 bits per heavy atom. The summed E-state index contributed by atoms with van der Waals surface area (Å²) >= 11 is 6.03. The lowest BCUT2D eigenvalue weighted by atomic mass is 9.88. The molecule has 0 aromatic carbocycles. The van der Waals surface area contributed by atoms with Crippen molar-refractivity contribution in [3.05, 3.63) is 17.2 Å². The van der Waals surface area contributed by atoms with E-state index in [1.807, 2.05) is 11.6 Å². The predicted molar refractivity (Wildman–Crippen MR) is 77.2 cm³/mol. The van der Waals surface area contributed by atoms with E-state index in [4.69, 9.17) is 11.6 Å². The quantitative estimate of drug-likeness (QED) is 0.921. The second-order valence-electron chi connectivity index (χ2n) is 5.87. The van der Waals surface area contributed by atoms with Crippen molar-refractivity contribution in [3.8, 4) is 0 Å². The monoisotopic (exact) mass is 282 g/mol. The molecule has 2 fully saturated rings. The molecule has 19 heavy (non-hydrogen) atoms. The molecule has 2 aliphatic rings. The van der Waals surface area contributed by atoms with Crippen molar-refractivity contribution < 1.29 is 0 Å². The summed E-state index contributed by atoms with van der Waals surface area (Å²) in [5, 5.41) is 4.37. The Kier molecular flexibility index (Phi) is 4.10. The van der Waals surface area contributed by atoms with Crippen molar-refractivity contribution in [2.75, 3.05) is 19.6 Å². The fraction of sp³-hybridized carbons (Fsp3) is 0.786. The van der Waals surface area contributed by atoms with Crippen LogP contribution in [0.2, 0.25) is 5.15 Å². The molecular formula is C14H23ClN4. The average Bonchev–Trinajstić information content (AvgIpc) is 3.06. The number of aromatic nitrogens is 2. The van der Waals surface area contributed by atoms with Gasteiger partial charge in [-0.1, -0.05) is 11.6 Å². The average molecular weight is 283 g/mol. The molecule has 0 radical (unpaired) electrons. The second kappa shape index (κ2) is 5.81. The van der Waals surface area contributed by atoms with E-state index < -0.39 is 0 Å². The minimum atomic E-state index is 0.722. The Balaban J connectivity index is 1.51. The number of halogens is 1. The van der Waals surface area contributed by atoms with Crippen molar-refractivity contribution in [1.82, 2.24) is 19.8 Å². The van der Waals surface area contributed by atoms with Crippen LogP contribution < -0.4 is 5.32 Å². The smallest absolute Gasteiger partial charge is 0.128 e. The largest absolute Gasteiger partial charge is 0.321 e. The first kappa shape index (κ1) is 13.4. The third-order valence-electron chi connectivity index (χ3n) is 4.69. The Labute approximate surface area is 120 Å². The molecule has 0 amide bonds. The van der Waals surface area contributed by atoms with Gasteiger partial charge >= 0.3 is 0 Å². The Morgan fingerprint density at radius 1 is 1.37 bits per heavy atom. The van der Waals surface area contributed by atoms with Crippen LogP contribution in [0.25, 0.3) is 0 Å². The number of nitrogens with one attached hydrogen (secondary N) is 1. The van der Waals surface area contributed by atoms with Crippen LogP contribution in [0, 0.1) is 5.92 Å². The molecular weight excluding hydrogens is 260 g/mol. The van der Waals surface area contributed by atoms with E-state index in [0.717, 1.165) is 29.5 Å². The van der Waals surface area contributed by atoms with Crippen LogP contribution in [-0.4, -0.2) is 40.1 Å². The van der Waals surface area contributed by atoms with E-state index in [2.05, 4.69) is 15.2 Å². The Bertz CT molecular complexity index is 417. The van der Waals surface area contributed by atoms with Crippen molar-refractivity contribution in [2.45, 2.75) is 38.3 Å². The molecule has 0 saturated carbocycles. The third-order valence-corrected chi connectivity index (χ3v) is 5.04. The number of hydrogen-bond acceptors (Lipinski definition) is 3. The zero-order valence-electron chi connectivity index (χ0n) is 11.6. The van der Waals surface area contributed by atoms with Crippen LogP contribution in [0.15, 0.2) is 6.20 Å². The molecule has 1 aromatic heterocycles. The zero-order chi connectivity index (χ0) is 13.2. The molecule has 5 heteroatoms. The third kappa shape index (κ3) is 2.96. The first-order valence-corrected chi connectivity index (χ1v) is 7.73. The standard InChI is InChI=1S/C14H23ClN4/c1-18-13(15)9-17-14(18)10-19-7-4-11(5-8-19)12-3-2-6-16-12/h9,11-12,16H,2-8,10H2,1H3. The first-order chi connectivity index (χ1) is 9.24. The highest BCUT2D eigenvalue weighted by Gasteiger charge is 2.28. The van der Waals surface area contributed by atoms with Crippen LogP contribution in [0.1, 0.15) is 31.5 Å². The van der Waals surface area contributed by atoms with Crippen LogP contribution in [-0.2, 0) is 13.6 Å². The van der Waals surface area contributed by atoms with Gasteiger partial charge in [0.25, 0.3) is 0 Å². The molecule has 1 N–H and O–H groups in total. The number of imidazole rings is 1. The maximum absolute atomic E-state index is 6.03. The lowest BCUT2D eigenvalue weighted by molar-refractivity contribution is 0.153. The van der Waals surface area contributed by atoms with Gasteiger partial charge in [-0.3, -0.25) is 4.90 Å². The van der Waals surface area contributed by atoms with Gasteiger partial charge in [-0.05, 0) is 51.2 Å². The molecule has 1 unspecified atom stereocenters. The minimum absolute atomic E-state index is 0.722. The summed E-state index contributed by atoms with van der Waals surface area (Å²) in [6.45, 7) is 4.52. The normalized spacial score (nSPS) is 26.1. The first-order valence-electron chi connectivity index (χ1n) is 7.36. The summed E-state index contributed by atoms with van der Waals surface area (Å²) in [7, 11) is 1.99. The lowest BCUT2D eigenvalue weighted by Gasteiger charge is -2.34. The summed E-state index contributed by atoms with van der Waals surface area (Å²) < 4.78 is 1.98. The van der Waals surface area contributed by atoms with Crippen molar-refractivity contribution in [2.24, 2.45) is 13.0 Å². The molecule has 2 saturated heterocycles. The summed E-state index contributed by atoms with van der Waals surface area (Å²) in [6, 6.07) is 0.782. The van der Waals surface area contributed by atoms with E-state index >= 15 is 0 Å². The maximum Gasteiger partial charge on any atom is 0.128 e. The maximum atomic E-state index is 6.03. The summed E-state index contributed by atoms with van der Waals surface area (Å²) in [5.41, 5.74) is 0. The van der Waals surface area contributed by atoms with E-state index in [-0.39, 0.29) is 0 Å². The minimum Gasteiger partial charge on any atom is -0.321 e. The Hall–Kier alpha value is -0.580. The molecule has 106 valence electrons. The number of nitrogens with zero attached hydrogens (tertiary/aromatic N) is 3. The van der Waals surface area contributed by atoms with Crippen LogP contribution in [0.4, 0.5) is 0 Å². The van der Waals surface area contributed by atoms with E-state index in [1.165, 1.54) is 45.3 Å². The van der Waals surface area contributed by atoms with Gasteiger partial charge in [-0.15, -0.1) is 0 Å². The van der Waals surface area contributed by atoms with Gasteiger partial charge in [0.2, 0.25) is 0 Å². The number of piperidine rings is 1. The van der Waals surface area contributed by atoms with Crippen molar-refractivity contribution >= 4 is 11.6 Å². The fourth-order valence-corrected chi connectivity index (χ4v) is 3.54. The zero-order valence-corrected chi connectivity index (χ0v) is 12.4. The predicted octanol–water partition coefficient (Wildman–Crippen LogP) is 2.04. The van der Waals surface area contributed by atoms with Gasteiger partial charge in [0.05, 0.1) is 12.7 Å². The fourth-order valence-electron chi connectivity index (χ4n) is 3.40. The molecule has 0 aliphatic carbocycles. The highest BCUT2D eigenvalue weighted by Crippen LogP contribution is 2.26. The van der Waals surface area contributed by atoms with Crippen LogP contribution in [0.3, 0.4) is 0 Å². The van der Waals surface area contributed by atoms with Gasteiger partial charge in [0.15, 0.2) is 0 Å². The molecule has 1 atom stereocenters. The van der Waals surface area contributed by atoms with Crippen LogP contribution >= 0.6 is 11.6 Å². The molecule has 0 spiro atoms. The molecule has 3 rings (SSSR count). The molecule has 1 aromatic rings. The summed E-state index contributed by atoms with van der Waals surface area (Å²) in [6.07, 6.45) is 7.11. The van der Waals surface area contributed by atoms with E-state index in [9.17, 15) is 0 Å². The van der Waals surface area contributed by atoms with Gasteiger partial charge in [0.1, 0.15) is 11.0 Å². The van der Waals surface area contributed by atoms with Crippen molar-refractivity contribution in [3.63, 3.8) is 0 Å². The van der Waals surface area contributed by atoms with Gasteiger partial charge in [0, 0.05) is 13.1 Å². The van der Waals surface area contributed by atoms with Gasteiger partial charge < -0.3 is 9.88 Å². The Morgan fingerprint density at radius 3 is 2.74 bits per heavy atom. The number of likely N-dealkylation sites (tertiary alicyclic amines) is 1. The second-order valence-corrected chi connectivity index (χ2v) is 6.26. The van der Waals surface area contributed by atoms with Crippen LogP contribution in [0.5, 0.6) is 0 Å².